The smallest absolute Gasteiger partial charge is 0.337 e. The van der Waals surface area contributed by atoms with Gasteiger partial charge in [0.2, 0.25) is 0 Å². The third-order valence-electron chi connectivity index (χ3n) is 2.31. The Bertz CT molecular complexity index is 375. The molecule has 0 unspecified atom stereocenters. The first kappa shape index (κ1) is 12.4. The van der Waals surface area contributed by atoms with Crippen LogP contribution in [0.25, 0.3) is 0 Å². The van der Waals surface area contributed by atoms with E-state index in [-0.39, 0.29) is 5.56 Å². The summed E-state index contributed by atoms with van der Waals surface area (Å²) in [6.45, 7) is 5.02. The van der Waals surface area contributed by atoms with Crippen LogP contribution in [-0.2, 0) is 0 Å². The number of benzene rings is 1. The molecule has 0 aromatic heterocycles. The van der Waals surface area contributed by atoms with Crippen LogP contribution < -0.4 is 11.1 Å². The van der Waals surface area contributed by atoms with Crippen molar-refractivity contribution in [3.8, 4) is 0 Å². The maximum absolute atomic E-state index is 11.0. The van der Waals surface area contributed by atoms with Crippen LogP contribution in [0, 0.1) is 5.92 Å². The Balaban J connectivity index is 2.75. The Kier molecular flexibility index (Phi) is 4.17. The number of hydrogen-bond acceptors (Lipinski definition) is 3. The van der Waals surface area contributed by atoms with Crippen LogP contribution in [0.15, 0.2) is 18.2 Å². The number of rotatable bonds is 5. The van der Waals surface area contributed by atoms with Crippen LogP contribution in [0.1, 0.15) is 30.6 Å². The first-order valence-electron chi connectivity index (χ1n) is 5.37. The topological polar surface area (TPSA) is 75.3 Å². The molecule has 16 heavy (non-hydrogen) atoms. The molecule has 0 saturated heterocycles. The van der Waals surface area contributed by atoms with Crippen molar-refractivity contribution >= 4 is 17.3 Å². The van der Waals surface area contributed by atoms with Crippen LogP contribution >= 0.6 is 0 Å². The predicted octanol–water partition coefficient (Wildman–Crippen LogP) is 2.42. The lowest BCUT2D eigenvalue weighted by Crippen LogP contribution is -2.09. The van der Waals surface area contributed by atoms with Gasteiger partial charge in [-0.2, -0.15) is 0 Å². The first-order chi connectivity index (χ1) is 7.50. The quantitative estimate of drug-likeness (QED) is 0.669. The molecule has 0 radical (unpaired) electrons. The Labute approximate surface area is 95.5 Å². The summed E-state index contributed by atoms with van der Waals surface area (Å²) in [7, 11) is 0. The second-order valence-corrected chi connectivity index (χ2v) is 4.22. The number of carboxylic acid groups (broad SMARTS) is 1. The Hall–Kier alpha value is -1.71. The highest BCUT2D eigenvalue weighted by Gasteiger charge is 2.09. The van der Waals surface area contributed by atoms with Gasteiger partial charge in [0, 0.05) is 17.9 Å². The number of nitrogens with two attached hydrogens (primary N) is 1. The van der Waals surface area contributed by atoms with Crippen molar-refractivity contribution in [1.29, 1.82) is 0 Å². The molecule has 88 valence electrons. The zero-order valence-electron chi connectivity index (χ0n) is 9.66. The van der Waals surface area contributed by atoms with Crippen molar-refractivity contribution in [1.82, 2.24) is 0 Å². The second kappa shape index (κ2) is 5.39. The van der Waals surface area contributed by atoms with E-state index >= 15 is 0 Å². The molecule has 0 fully saturated rings. The Morgan fingerprint density at radius 1 is 1.50 bits per heavy atom. The molecule has 1 rings (SSSR count). The first-order valence-corrected chi connectivity index (χ1v) is 5.37. The third-order valence-corrected chi connectivity index (χ3v) is 2.31. The molecule has 1 aromatic carbocycles. The van der Waals surface area contributed by atoms with E-state index in [0.717, 1.165) is 13.0 Å². The monoisotopic (exact) mass is 222 g/mol. The van der Waals surface area contributed by atoms with Gasteiger partial charge in [0.1, 0.15) is 0 Å². The molecule has 0 spiro atoms. The summed E-state index contributed by atoms with van der Waals surface area (Å²) in [6.07, 6.45) is 1.00. The number of carbonyl (C=O) groups is 1. The standard InChI is InChI=1S/C12H18N2O2/c1-8(2)5-6-14-11-4-3-9(13)7-10(11)12(15)16/h3-4,7-8,14H,5-6,13H2,1-2H3,(H,15,16). The van der Waals surface area contributed by atoms with E-state index in [2.05, 4.69) is 19.2 Å². The molecule has 0 aliphatic rings. The van der Waals surface area contributed by atoms with Crippen molar-refractivity contribution < 1.29 is 9.90 Å². The summed E-state index contributed by atoms with van der Waals surface area (Å²) in [5.41, 5.74) is 6.87. The maximum Gasteiger partial charge on any atom is 0.337 e. The van der Waals surface area contributed by atoms with Gasteiger partial charge in [0.05, 0.1) is 5.56 Å². The number of carboxylic acids is 1. The second-order valence-electron chi connectivity index (χ2n) is 4.22. The number of nitrogens with one attached hydrogen (secondary N) is 1. The highest BCUT2D eigenvalue weighted by molar-refractivity contribution is 5.95. The van der Waals surface area contributed by atoms with E-state index < -0.39 is 5.97 Å². The van der Waals surface area contributed by atoms with Crippen LogP contribution in [0.2, 0.25) is 0 Å². The van der Waals surface area contributed by atoms with E-state index in [1.165, 1.54) is 6.07 Å². The lowest BCUT2D eigenvalue weighted by molar-refractivity contribution is 0.0698. The van der Waals surface area contributed by atoms with Crippen molar-refractivity contribution in [2.45, 2.75) is 20.3 Å². The summed E-state index contributed by atoms with van der Waals surface area (Å²) < 4.78 is 0. The molecule has 0 saturated carbocycles. The molecule has 0 bridgehead atoms. The van der Waals surface area contributed by atoms with Gasteiger partial charge in [-0.15, -0.1) is 0 Å². The fourth-order valence-corrected chi connectivity index (χ4v) is 1.39. The van der Waals surface area contributed by atoms with Gasteiger partial charge in [-0.25, -0.2) is 4.79 Å². The Morgan fingerprint density at radius 2 is 2.19 bits per heavy atom. The summed E-state index contributed by atoms with van der Waals surface area (Å²) in [6, 6.07) is 4.88. The van der Waals surface area contributed by atoms with Crippen molar-refractivity contribution in [2.24, 2.45) is 5.92 Å². The van der Waals surface area contributed by atoms with Crippen LogP contribution in [-0.4, -0.2) is 17.6 Å². The lowest BCUT2D eigenvalue weighted by Gasteiger charge is -2.11. The van der Waals surface area contributed by atoms with Crippen molar-refractivity contribution in [2.75, 3.05) is 17.6 Å². The predicted molar refractivity (Wildman–Crippen MR) is 65.8 cm³/mol. The molecule has 1 aromatic rings. The minimum atomic E-state index is -0.959. The average molecular weight is 222 g/mol. The zero-order chi connectivity index (χ0) is 12.1. The minimum absolute atomic E-state index is 0.226. The molecule has 0 aliphatic heterocycles. The lowest BCUT2D eigenvalue weighted by atomic mass is 10.1. The molecular formula is C12H18N2O2. The maximum atomic E-state index is 11.0. The molecule has 4 nitrogen and oxygen atoms in total. The van der Waals surface area contributed by atoms with Gasteiger partial charge in [0.25, 0.3) is 0 Å². The van der Waals surface area contributed by atoms with Gasteiger partial charge in [-0.1, -0.05) is 13.8 Å². The minimum Gasteiger partial charge on any atom is -0.478 e. The molecule has 4 N–H and O–H groups in total. The van der Waals surface area contributed by atoms with E-state index in [0.29, 0.717) is 17.3 Å². The van der Waals surface area contributed by atoms with E-state index in [9.17, 15) is 4.79 Å². The fourth-order valence-electron chi connectivity index (χ4n) is 1.39. The SMILES string of the molecule is CC(C)CCNc1ccc(N)cc1C(=O)O. The molecular weight excluding hydrogens is 204 g/mol. The van der Waals surface area contributed by atoms with Gasteiger partial charge in [-0.3, -0.25) is 0 Å². The number of aromatic carboxylic acids is 1. The van der Waals surface area contributed by atoms with Gasteiger partial charge in [-0.05, 0) is 30.5 Å². The van der Waals surface area contributed by atoms with Crippen LogP contribution in [0.3, 0.4) is 0 Å². The number of anilines is 2. The number of nitrogen functional groups attached to an aromatic ring is 1. The highest BCUT2D eigenvalue weighted by Crippen LogP contribution is 2.19. The van der Waals surface area contributed by atoms with E-state index in [1.807, 2.05) is 0 Å². The van der Waals surface area contributed by atoms with Crippen LogP contribution in [0.4, 0.5) is 11.4 Å². The van der Waals surface area contributed by atoms with Crippen molar-refractivity contribution in [3.05, 3.63) is 23.8 Å². The molecule has 0 heterocycles. The zero-order valence-corrected chi connectivity index (χ0v) is 9.66. The van der Waals surface area contributed by atoms with Gasteiger partial charge >= 0.3 is 5.97 Å². The fraction of sp³-hybridized carbons (Fsp3) is 0.417. The van der Waals surface area contributed by atoms with Crippen molar-refractivity contribution in [3.63, 3.8) is 0 Å². The highest BCUT2D eigenvalue weighted by atomic mass is 16.4. The molecule has 0 aliphatic carbocycles. The largest absolute Gasteiger partial charge is 0.478 e. The molecule has 0 amide bonds. The Morgan fingerprint density at radius 3 is 2.75 bits per heavy atom. The summed E-state index contributed by atoms with van der Waals surface area (Å²) in [4.78, 5) is 11.0. The third kappa shape index (κ3) is 3.46. The molecule has 4 heteroatoms. The normalized spacial score (nSPS) is 10.4. The molecule has 0 atom stereocenters. The van der Waals surface area contributed by atoms with Crippen LogP contribution in [0.5, 0.6) is 0 Å². The van der Waals surface area contributed by atoms with Gasteiger partial charge < -0.3 is 16.2 Å². The van der Waals surface area contributed by atoms with E-state index in [1.54, 1.807) is 12.1 Å². The summed E-state index contributed by atoms with van der Waals surface area (Å²) >= 11 is 0. The summed E-state index contributed by atoms with van der Waals surface area (Å²) in [5.74, 6) is -0.367. The summed E-state index contributed by atoms with van der Waals surface area (Å²) in [5, 5.41) is 12.1. The average Bonchev–Trinajstić information content (AvgIpc) is 2.19. The van der Waals surface area contributed by atoms with Gasteiger partial charge in [0.15, 0.2) is 0 Å². The van der Waals surface area contributed by atoms with E-state index in [4.69, 9.17) is 10.8 Å². The number of hydrogen-bond donors (Lipinski definition) is 3.